The van der Waals surface area contributed by atoms with Crippen LogP contribution in [0.25, 0.3) is 0 Å². The third-order valence-corrected chi connectivity index (χ3v) is 6.86. The zero-order chi connectivity index (χ0) is 33.1. The van der Waals surface area contributed by atoms with Crippen LogP contribution in [0.5, 0.6) is 5.75 Å². The molecular formula is C33H48N2O9. The van der Waals surface area contributed by atoms with Crippen molar-refractivity contribution in [3.63, 3.8) is 0 Å². The number of carboxylic acid groups (broad SMARTS) is 1. The molecule has 11 nitrogen and oxygen atoms in total. The number of Topliss-reactive ketones (excluding diaryl/α,β-unsaturated/α-hetero) is 1. The van der Waals surface area contributed by atoms with Gasteiger partial charge in [-0.15, -0.1) is 0 Å². The van der Waals surface area contributed by atoms with Crippen LogP contribution in [-0.4, -0.2) is 67.6 Å². The molecule has 1 aromatic carbocycles. The van der Waals surface area contributed by atoms with E-state index in [-0.39, 0.29) is 69.3 Å². The van der Waals surface area contributed by atoms with Crippen molar-refractivity contribution in [2.45, 2.75) is 80.1 Å². The van der Waals surface area contributed by atoms with Crippen LogP contribution in [0.4, 0.5) is 5.69 Å². The number of hydrogen-bond acceptors (Lipinski definition) is 8. The molecule has 0 spiro atoms. The molecule has 0 fully saturated rings. The first-order valence-corrected chi connectivity index (χ1v) is 15.0. The Bertz CT molecular complexity index is 1180. The van der Waals surface area contributed by atoms with Gasteiger partial charge in [-0.25, -0.2) is 0 Å². The van der Waals surface area contributed by atoms with Crippen molar-refractivity contribution in [1.29, 1.82) is 0 Å². The summed E-state index contributed by atoms with van der Waals surface area (Å²) in [6.45, 7) is 13.2. The van der Waals surface area contributed by atoms with Crippen LogP contribution in [-0.2, 0) is 39.9 Å². The number of hydrogen-bond donors (Lipinski definition) is 3. The summed E-state index contributed by atoms with van der Waals surface area (Å²) in [6, 6.07) is 5.46. The van der Waals surface area contributed by atoms with Crippen LogP contribution in [0.15, 0.2) is 18.2 Å². The Kier molecular flexibility index (Phi) is 17.6. The molecule has 44 heavy (non-hydrogen) atoms. The Labute approximate surface area is 260 Å². The fourth-order valence-electron chi connectivity index (χ4n) is 4.03. The molecule has 11 heteroatoms. The molecule has 1 aromatic rings. The Morgan fingerprint density at radius 1 is 0.932 bits per heavy atom. The van der Waals surface area contributed by atoms with Crippen molar-refractivity contribution in [2.24, 2.45) is 17.3 Å². The standard InChI is InChI=1S/C33H48N2O9/c1-23(20-24(2)33(4,5)6)21-26-9-11-29(44-25(3)36)28(22-26)35-31(39)13-17-42-16-7-8-27(37)10-12-30(38)34-15-19-43-18-14-32(40)41/h9,11,22-24H,7-8,13-21H2,1-6H3,(H,34,38)(H,35,39)(H,40,41). The first kappa shape index (κ1) is 38.3. The summed E-state index contributed by atoms with van der Waals surface area (Å²) in [5.41, 5.74) is 1.69. The van der Waals surface area contributed by atoms with E-state index < -0.39 is 23.6 Å². The van der Waals surface area contributed by atoms with Crippen molar-refractivity contribution in [3.05, 3.63) is 23.8 Å². The number of carbonyl (C=O) groups excluding carboxylic acids is 4. The molecule has 0 heterocycles. The molecule has 0 radical (unpaired) electrons. The quantitative estimate of drug-likeness (QED) is 0.0682. The van der Waals surface area contributed by atoms with Gasteiger partial charge in [0.05, 0.1) is 38.3 Å². The van der Waals surface area contributed by atoms with Crippen molar-refractivity contribution < 1.29 is 43.3 Å². The van der Waals surface area contributed by atoms with Crippen LogP contribution in [0, 0.1) is 29.1 Å². The van der Waals surface area contributed by atoms with E-state index in [1.54, 1.807) is 6.07 Å². The maximum atomic E-state index is 12.6. The van der Waals surface area contributed by atoms with Crippen molar-refractivity contribution in [3.8, 4) is 17.6 Å². The highest BCUT2D eigenvalue weighted by atomic mass is 16.5. The lowest BCUT2D eigenvalue weighted by Crippen LogP contribution is -2.26. The average Bonchev–Trinajstić information content (AvgIpc) is 2.91. The molecule has 3 N–H and O–H groups in total. The predicted molar refractivity (Wildman–Crippen MR) is 166 cm³/mol. The van der Waals surface area contributed by atoms with Gasteiger partial charge in [0.2, 0.25) is 11.7 Å². The summed E-state index contributed by atoms with van der Waals surface area (Å²) in [5, 5.41) is 13.8. The molecule has 0 aliphatic carbocycles. The number of nitrogens with one attached hydrogen (secondary N) is 2. The number of carboxylic acids is 1. The highest BCUT2D eigenvalue weighted by Gasteiger charge is 2.22. The molecule has 244 valence electrons. The minimum atomic E-state index is -0.968. The Morgan fingerprint density at radius 3 is 2.27 bits per heavy atom. The number of benzene rings is 1. The second-order valence-electron chi connectivity index (χ2n) is 11.9. The first-order valence-electron chi connectivity index (χ1n) is 15.0. The molecule has 0 saturated heterocycles. The first-order chi connectivity index (χ1) is 20.7. The van der Waals surface area contributed by atoms with Gasteiger partial charge in [-0.2, -0.15) is 0 Å². The summed E-state index contributed by atoms with van der Waals surface area (Å²) >= 11 is 0. The van der Waals surface area contributed by atoms with E-state index in [2.05, 4.69) is 57.1 Å². The minimum Gasteiger partial charge on any atom is -0.481 e. The number of aliphatic carboxylic acids is 1. The van der Waals surface area contributed by atoms with E-state index >= 15 is 0 Å². The number of rotatable bonds is 19. The van der Waals surface area contributed by atoms with Gasteiger partial charge in [0.1, 0.15) is 0 Å². The predicted octanol–water partition coefficient (Wildman–Crippen LogP) is 4.17. The van der Waals surface area contributed by atoms with E-state index in [9.17, 15) is 24.0 Å². The molecule has 0 aliphatic rings. The molecule has 2 atom stereocenters. The van der Waals surface area contributed by atoms with Gasteiger partial charge in [0.15, 0.2) is 5.75 Å². The maximum Gasteiger partial charge on any atom is 0.308 e. The summed E-state index contributed by atoms with van der Waals surface area (Å²) in [7, 11) is 0. The molecular weight excluding hydrogens is 568 g/mol. The molecule has 0 aromatic heterocycles. The van der Waals surface area contributed by atoms with Crippen LogP contribution in [0.2, 0.25) is 0 Å². The zero-order valence-electron chi connectivity index (χ0n) is 26.9. The van der Waals surface area contributed by atoms with E-state index in [1.807, 2.05) is 12.1 Å². The number of ether oxygens (including phenoxy) is 3. The SMILES string of the molecule is CC(=O)Oc1ccc(CC(C)CC(C)C(C)(C)C)cc1NC(=O)CCOCCCC(=O)C#CC(=O)NCCOCCC(=O)O. The number of carbonyl (C=O) groups is 5. The van der Waals surface area contributed by atoms with Crippen molar-refractivity contribution in [1.82, 2.24) is 5.32 Å². The summed E-state index contributed by atoms with van der Waals surface area (Å²) in [6.07, 6.45) is 2.30. The fraction of sp³-hybridized carbons (Fsp3) is 0.606. The second-order valence-corrected chi connectivity index (χ2v) is 11.9. The number of anilines is 1. The number of ketones is 1. The van der Waals surface area contributed by atoms with Gasteiger partial charge in [-0.3, -0.25) is 24.0 Å². The van der Waals surface area contributed by atoms with E-state index in [4.69, 9.17) is 19.3 Å². The summed E-state index contributed by atoms with van der Waals surface area (Å²) in [4.78, 5) is 58.1. The second kappa shape index (κ2) is 20.3. The largest absolute Gasteiger partial charge is 0.481 e. The average molecular weight is 617 g/mol. The maximum absolute atomic E-state index is 12.6. The third kappa shape index (κ3) is 18.0. The summed E-state index contributed by atoms with van der Waals surface area (Å²) < 4.78 is 15.8. The Hall–Kier alpha value is -3.75. The van der Waals surface area contributed by atoms with E-state index in [1.165, 1.54) is 6.92 Å². The molecule has 0 aliphatic heterocycles. The zero-order valence-corrected chi connectivity index (χ0v) is 26.9. The van der Waals surface area contributed by atoms with Crippen LogP contribution >= 0.6 is 0 Å². The lowest BCUT2D eigenvalue weighted by atomic mass is 9.76. The molecule has 0 bridgehead atoms. The summed E-state index contributed by atoms with van der Waals surface area (Å²) in [5.74, 6) is 2.92. The monoisotopic (exact) mass is 616 g/mol. The van der Waals surface area contributed by atoms with Crippen LogP contribution in [0.3, 0.4) is 0 Å². The normalized spacial score (nSPS) is 12.3. The fourth-order valence-corrected chi connectivity index (χ4v) is 4.03. The lowest BCUT2D eigenvalue weighted by Gasteiger charge is -2.29. The van der Waals surface area contributed by atoms with E-state index in [0.29, 0.717) is 23.9 Å². The third-order valence-electron chi connectivity index (χ3n) is 6.86. The molecule has 2 unspecified atom stereocenters. The van der Waals surface area contributed by atoms with Gasteiger partial charge >= 0.3 is 11.9 Å². The number of amides is 2. The van der Waals surface area contributed by atoms with Crippen molar-refractivity contribution >= 4 is 35.2 Å². The highest BCUT2D eigenvalue weighted by molar-refractivity contribution is 6.03. The molecule has 1 rings (SSSR count). The van der Waals surface area contributed by atoms with Crippen LogP contribution in [0.1, 0.15) is 79.2 Å². The van der Waals surface area contributed by atoms with Gasteiger partial charge in [0.25, 0.3) is 5.91 Å². The smallest absolute Gasteiger partial charge is 0.308 e. The lowest BCUT2D eigenvalue weighted by molar-refractivity contribution is -0.138. The van der Waals surface area contributed by atoms with Gasteiger partial charge in [-0.1, -0.05) is 40.7 Å². The number of esters is 1. The van der Waals surface area contributed by atoms with Gasteiger partial charge in [-0.05, 0) is 60.1 Å². The Morgan fingerprint density at radius 2 is 1.61 bits per heavy atom. The Balaban J connectivity index is 2.43. The highest BCUT2D eigenvalue weighted by Crippen LogP contribution is 2.33. The molecule has 2 amide bonds. The topological polar surface area (TPSA) is 157 Å². The minimum absolute atomic E-state index is 0.0457. The van der Waals surface area contributed by atoms with Gasteiger partial charge in [0, 0.05) is 32.4 Å². The van der Waals surface area contributed by atoms with Gasteiger partial charge < -0.3 is 30.0 Å². The van der Waals surface area contributed by atoms with Crippen LogP contribution < -0.4 is 15.4 Å². The van der Waals surface area contributed by atoms with E-state index in [0.717, 1.165) is 18.4 Å². The van der Waals surface area contributed by atoms with Crippen molar-refractivity contribution in [2.75, 3.05) is 38.3 Å². The molecule has 0 saturated carbocycles.